The summed E-state index contributed by atoms with van der Waals surface area (Å²) in [5, 5.41) is 10.1. The fourth-order valence-electron chi connectivity index (χ4n) is 2.99. The number of nitrogens with one attached hydrogen (secondary N) is 1. The topological polar surface area (TPSA) is 73.4 Å². The highest BCUT2D eigenvalue weighted by molar-refractivity contribution is 5.81. The summed E-state index contributed by atoms with van der Waals surface area (Å²) in [4.78, 5) is 27.8. The predicted octanol–water partition coefficient (Wildman–Crippen LogP) is 1.82. The molecule has 0 saturated carbocycles. The number of likely N-dealkylation sites (tertiary alicyclic amines) is 1. The van der Waals surface area contributed by atoms with Crippen LogP contribution in [0.3, 0.4) is 0 Å². The lowest BCUT2D eigenvalue weighted by Gasteiger charge is -2.30. The molecule has 0 radical (unpaired) electrons. The Hall–Kier alpha value is -2.14. The molecule has 1 aromatic carbocycles. The van der Waals surface area contributed by atoms with Gasteiger partial charge in [-0.05, 0) is 37.6 Å². The van der Waals surface area contributed by atoms with Crippen LogP contribution in [-0.4, -0.2) is 34.0 Å². The van der Waals surface area contributed by atoms with Crippen molar-refractivity contribution in [2.75, 3.05) is 13.1 Å². The Morgan fingerprint density at radius 2 is 2.00 bits per heavy atom. The van der Waals surface area contributed by atoms with E-state index in [9.17, 15) is 9.59 Å². The first kappa shape index (κ1) is 13.8. The number of para-hydroxylation sites is 1. The smallest absolute Gasteiger partial charge is 0.306 e. The number of carboxylic acids is 1. The van der Waals surface area contributed by atoms with Gasteiger partial charge in [0.25, 0.3) is 0 Å². The van der Waals surface area contributed by atoms with E-state index < -0.39 is 5.97 Å². The van der Waals surface area contributed by atoms with Gasteiger partial charge in [0.2, 0.25) is 5.56 Å². The normalized spacial score (nSPS) is 17.1. The van der Waals surface area contributed by atoms with Gasteiger partial charge in [-0.1, -0.05) is 18.2 Å². The average Bonchev–Trinajstić information content (AvgIpc) is 2.47. The van der Waals surface area contributed by atoms with Crippen molar-refractivity contribution in [1.29, 1.82) is 0 Å². The lowest BCUT2D eigenvalue weighted by molar-refractivity contribution is -0.143. The van der Waals surface area contributed by atoms with Gasteiger partial charge in [0.05, 0.1) is 5.92 Å². The molecule has 5 heteroatoms. The molecule has 0 atom stereocenters. The van der Waals surface area contributed by atoms with Gasteiger partial charge in [0.15, 0.2) is 0 Å². The maximum atomic E-state index is 11.7. The number of fused-ring (bicyclic) bond motifs is 1. The number of benzene rings is 1. The second-order valence-corrected chi connectivity index (χ2v) is 5.59. The minimum atomic E-state index is -0.698. The average molecular weight is 286 g/mol. The van der Waals surface area contributed by atoms with Gasteiger partial charge in [-0.3, -0.25) is 14.5 Å². The Morgan fingerprint density at radius 1 is 1.29 bits per heavy atom. The van der Waals surface area contributed by atoms with E-state index in [0.29, 0.717) is 19.4 Å². The van der Waals surface area contributed by atoms with E-state index in [1.807, 2.05) is 24.3 Å². The number of hydrogen-bond donors (Lipinski definition) is 2. The van der Waals surface area contributed by atoms with Crippen LogP contribution >= 0.6 is 0 Å². The third kappa shape index (κ3) is 2.97. The van der Waals surface area contributed by atoms with E-state index in [-0.39, 0.29) is 11.5 Å². The highest BCUT2D eigenvalue weighted by Gasteiger charge is 2.24. The molecule has 21 heavy (non-hydrogen) atoms. The molecule has 1 fully saturated rings. The van der Waals surface area contributed by atoms with Crippen molar-refractivity contribution < 1.29 is 9.90 Å². The van der Waals surface area contributed by atoms with E-state index in [1.165, 1.54) is 0 Å². The number of rotatable bonds is 3. The molecule has 2 aromatic rings. The van der Waals surface area contributed by atoms with Crippen molar-refractivity contribution >= 4 is 16.9 Å². The zero-order valence-electron chi connectivity index (χ0n) is 11.7. The first-order chi connectivity index (χ1) is 10.1. The molecule has 0 unspecified atom stereocenters. The number of nitrogens with zero attached hydrogens (tertiary/aromatic N) is 1. The van der Waals surface area contributed by atoms with Crippen molar-refractivity contribution in [1.82, 2.24) is 9.88 Å². The van der Waals surface area contributed by atoms with Crippen molar-refractivity contribution in [2.24, 2.45) is 5.92 Å². The molecule has 110 valence electrons. The van der Waals surface area contributed by atoms with Crippen LogP contribution < -0.4 is 5.56 Å². The van der Waals surface area contributed by atoms with Crippen LogP contribution in [0.2, 0.25) is 0 Å². The largest absolute Gasteiger partial charge is 0.481 e. The number of hydrogen-bond acceptors (Lipinski definition) is 3. The fraction of sp³-hybridized carbons (Fsp3) is 0.375. The summed E-state index contributed by atoms with van der Waals surface area (Å²) in [7, 11) is 0. The molecular formula is C16H18N2O3. The Kier molecular flexibility index (Phi) is 3.75. The van der Waals surface area contributed by atoms with Crippen molar-refractivity contribution in [3.05, 3.63) is 46.2 Å². The number of piperidine rings is 1. The van der Waals surface area contributed by atoms with Gasteiger partial charge in [-0.15, -0.1) is 0 Å². The highest BCUT2D eigenvalue weighted by Crippen LogP contribution is 2.21. The minimum absolute atomic E-state index is 0.0934. The van der Waals surface area contributed by atoms with Crippen LogP contribution in [0.4, 0.5) is 0 Å². The number of H-pyrrole nitrogens is 1. The van der Waals surface area contributed by atoms with Crippen LogP contribution in [0.1, 0.15) is 18.4 Å². The Morgan fingerprint density at radius 3 is 2.71 bits per heavy atom. The molecule has 0 amide bonds. The number of aromatic nitrogens is 1. The second kappa shape index (κ2) is 5.69. The summed E-state index contributed by atoms with van der Waals surface area (Å²) in [6.07, 6.45) is 1.35. The number of aliphatic carboxylic acids is 1. The summed E-state index contributed by atoms with van der Waals surface area (Å²) < 4.78 is 0. The van der Waals surface area contributed by atoms with Gasteiger partial charge in [-0.25, -0.2) is 0 Å². The molecular weight excluding hydrogens is 268 g/mol. The molecule has 2 N–H and O–H groups in total. The molecule has 0 bridgehead atoms. The van der Waals surface area contributed by atoms with Gasteiger partial charge in [0, 0.05) is 23.5 Å². The molecule has 1 saturated heterocycles. The zero-order valence-corrected chi connectivity index (χ0v) is 11.7. The maximum Gasteiger partial charge on any atom is 0.306 e. The van der Waals surface area contributed by atoms with E-state index in [4.69, 9.17) is 5.11 Å². The highest BCUT2D eigenvalue weighted by atomic mass is 16.4. The quantitative estimate of drug-likeness (QED) is 0.902. The first-order valence-corrected chi connectivity index (χ1v) is 7.19. The van der Waals surface area contributed by atoms with Crippen molar-refractivity contribution in [3.8, 4) is 0 Å². The van der Waals surface area contributed by atoms with Crippen LogP contribution in [0.5, 0.6) is 0 Å². The Labute approximate surface area is 122 Å². The van der Waals surface area contributed by atoms with E-state index >= 15 is 0 Å². The molecule has 2 heterocycles. The monoisotopic (exact) mass is 286 g/mol. The Balaban J connectivity index is 1.80. The third-order valence-electron chi connectivity index (χ3n) is 4.17. The van der Waals surface area contributed by atoms with Gasteiger partial charge < -0.3 is 10.1 Å². The summed E-state index contributed by atoms with van der Waals surface area (Å²) in [5.74, 6) is -0.923. The summed E-state index contributed by atoms with van der Waals surface area (Å²) in [6, 6.07) is 9.41. The third-order valence-corrected chi connectivity index (χ3v) is 4.17. The van der Waals surface area contributed by atoms with Crippen molar-refractivity contribution in [3.63, 3.8) is 0 Å². The van der Waals surface area contributed by atoms with Crippen molar-refractivity contribution in [2.45, 2.75) is 19.4 Å². The van der Waals surface area contributed by atoms with E-state index in [2.05, 4.69) is 9.88 Å². The SMILES string of the molecule is O=C(O)C1CCN(Cc2cc(=O)[nH]c3ccccc23)CC1. The van der Waals surface area contributed by atoms with E-state index in [0.717, 1.165) is 29.6 Å². The standard InChI is InChI=1S/C16H18N2O3/c19-15-9-12(13-3-1-2-4-14(13)17-15)10-18-7-5-11(6-8-18)16(20)21/h1-4,9,11H,5-8,10H2,(H,17,19)(H,20,21). The van der Waals surface area contributed by atoms with Gasteiger partial charge in [-0.2, -0.15) is 0 Å². The first-order valence-electron chi connectivity index (χ1n) is 7.19. The maximum absolute atomic E-state index is 11.7. The fourth-order valence-corrected chi connectivity index (χ4v) is 2.99. The molecule has 1 aliphatic heterocycles. The number of pyridine rings is 1. The Bertz CT molecular complexity index is 715. The lowest BCUT2D eigenvalue weighted by Crippen LogP contribution is -2.36. The molecule has 0 aliphatic carbocycles. The second-order valence-electron chi connectivity index (χ2n) is 5.59. The number of carboxylic acid groups (broad SMARTS) is 1. The molecule has 0 spiro atoms. The molecule has 3 rings (SSSR count). The molecule has 1 aliphatic rings. The molecule has 5 nitrogen and oxygen atoms in total. The number of aromatic amines is 1. The summed E-state index contributed by atoms with van der Waals surface area (Å²) in [6.45, 7) is 2.22. The summed E-state index contributed by atoms with van der Waals surface area (Å²) >= 11 is 0. The van der Waals surface area contributed by atoms with Crippen LogP contribution in [0.15, 0.2) is 35.1 Å². The summed E-state index contributed by atoms with van der Waals surface area (Å²) in [5.41, 5.74) is 1.76. The number of carbonyl (C=O) groups is 1. The zero-order chi connectivity index (χ0) is 14.8. The van der Waals surface area contributed by atoms with Crippen LogP contribution in [0.25, 0.3) is 10.9 Å². The molecule has 1 aromatic heterocycles. The lowest BCUT2D eigenvalue weighted by atomic mass is 9.96. The van der Waals surface area contributed by atoms with Crippen LogP contribution in [-0.2, 0) is 11.3 Å². The van der Waals surface area contributed by atoms with Crippen LogP contribution in [0, 0.1) is 5.92 Å². The van der Waals surface area contributed by atoms with E-state index in [1.54, 1.807) is 6.07 Å². The van der Waals surface area contributed by atoms with Gasteiger partial charge >= 0.3 is 5.97 Å². The van der Waals surface area contributed by atoms with Gasteiger partial charge in [0.1, 0.15) is 0 Å². The predicted molar refractivity (Wildman–Crippen MR) is 80.2 cm³/mol. The minimum Gasteiger partial charge on any atom is -0.481 e.